The van der Waals surface area contributed by atoms with E-state index in [1.807, 2.05) is 6.07 Å². The Balaban J connectivity index is 1.52. The standard InChI is InChI=1S/C16H19N5OS/c22-14(18-16-20-19-15(23-16)11-6-7-11)12-5-4-8-17-13(12)21-9-2-1-3-10-21/h4-5,8,11H,1-3,6-7,9-10H2,(H,18,20,22). The molecule has 0 bridgehead atoms. The van der Waals surface area contributed by atoms with Crippen molar-refractivity contribution in [1.29, 1.82) is 0 Å². The van der Waals surface area contributed by atoms with Crippen LogP contribution in [-0.4, -0.2) is 34.2 Å². The number of rotatable bonds is 4. The third-order valence-corrected chi connectivity index (χ3v) is 5.28. The van der Waals surface area contributed by atoms with Crippen molar-refractivity contribution in [2.75, 3.05) is 23.3 Å². The van der Waals surface area contributed by atoms with Crippen molar-refractivity contribution in [2.24, 2.45) is 0 Å². The summed E-state index contributed by atoms with van der Waals surface area (Å²) in [6, 6.07) is 3.63. The van der Waals surface area contributed by atoms with Crippen LogP contribution in [0.1, 0.15) is 53.4 Å². The molecule has 2 aliphatic rings. The highest BCUT2D eigenvalue weighted by Crippen LogP contribution is 2.42. The molecule has 2 fully saturated rings. The summed E-state index contributed by atoms with van der Waals surface area (Å²) in [7, 11) is 0. The van der Waals surface area contributed by atoms with Crippen LogP contribution in [-0.2, 0) is 0 Å². The lowest BCUT2D eigenvalue weighted by atomic mass is 10.1. The van der Waals surface area contributed by atoms with Crippen molar-refractivity contribution in [2.45, 2.75) is 38.0 Å². The number of hydrogen-bond donors (Lipinski definition) is 1. The summed E-state index contributed by atoms with van der Waals surface area (Å²) < 4.78 is 0. The van der Waals surface area contributed by atoms with Gasteiger partial charge >= 0.3 is 0 Å². The van der Waals surface area contributed by atoms with E-state index in [4.69, 9.17) is 0 Å². The number of nitrogens with zero attached hydrogens (tertiary/aromatic N) is 4. The van der Waals surface area contributed by atoms with Crippen LogP contribution in [0.4, 0.5) is 10.9 Å². The minimum absolute atomic E-state index is 0.155. The third kappa shape index (κ3) is 3.19. The minimum Gasteiger partial charge on any atom is -0.356 e. The third-order valence-electron chi connectivity index (χ3n) is 4.27. The molecular weight excluding hydrogens is 310 g/mol. The number of amides is 1. The maximum atomic E-state index is 12.6. The van der Waals surface area contributed by atoms with E-state index >= 15 is 0 Å². The molecule has 2 aromatic heterocycles. The number of hydrogen-bond acceptors (Lipinski definition) is 6. The average Bonchev–Trinajstić information content (AvgIpc) is 3.35. The molecule has 23 heavy (non-hydrogen) atoms. The van der Waals surface area contributed by atoms with Crippen molar-refractivity contribution in [3.63, 3.8) is 0 Å². The van der Waals surface area contributed by atoms with Crippen molar-refractivity contribution in [3.8, 4) is 0 Å². The average molecular weight is 329 g/mol. The fourth-order valence-corrected chi connectivity index (χ4v) is 3.78. The van der Waals surface area contributed by atoms with Gasteiger partial charge in [-0.2, -0.15) is 0 Å². The first-order valence-electron chi connectivity index (χ1n) is 8.16. The molecule has 4 rings (SSSR count). The first-order chi connectivity index (χ1) is 11.3. The van der Waals surface area contributed by atoms with E-state index < -0.39 is 0 Å². The van der Waals surface area contributed by atoms with Gasteiger partial charge in [-0.3, -0.25) is 10.1 Å². The van der Waals surface area contributed by atoms with Crippen LogP contribution in [0.2, 0.25) is 0 Å². The smallest absolute Gasteiger partial charge is 0.261 e. The van der Waals surface area contributed by atoms with Crippen LogP contribution in [0.15, 0.2) is 18.3 Å². The van der Waals surface area contributed by atoms with Gasteiger partial charge in [-0.25, -0.2) is 4.98 Å². The first kappa shape index (κ1) is 14.6. The van der Waals surface area contributed by atoms with E-state index in [1.165, 1.54) is 30.6 Å². The highest BCUT2D eigenvalue weighted by molar-refractivity contribution is 7.15. The SMILES string of the molecule is O=C(Nc1nnc(C2CC2)s1)c1cccnc1N1CCCCC1. The second kappa shape index (κ2) is 6.23. The largest absolute Gasteiger partial charge is 0.356 e. The van der Waals surface area contributed by atoms with Crippen LogP contribution >= 0.6 is 11.3 Å². The van der Waals surface area contributed by atoms with Gasteiger partial charge in [-0.05, 0) is 44.2 Å². The number of carbonyl (C=O) groups excluding carboxylic acids is 1. The van der Waals surface area contributed by atoms with Crippen molar-refractivity contribution < 1.29 is 4.79 Å². The molecule has 0 aromatic carbocycles. The lowest BCUT2D eigenvalue weighted by molar-refractivity contribution is 0.102. The fourth-order valence-electron chi connectivity index (χ4n) is 2.88. The van der Waals surface area contributed by atoms with Gasteiger partial charge in [0.25, 0.3) is 5.91 Å². The summed E-state index contributed by atoms with van der Waals surface area (Å²) in [5, 5.41) is 12.7. The number of carbonyl (C=O) groups is 1. The lowest BCUT2D eigenvalue weighted by Crippen LogP contribution is -2.32. The molecule has 7 heteroatoms. The maximum Gasteiger partial charge on any atom is 0.261 e. The Labute approximate surface area is 139 Å². The summed E-state index contributed by atoms with van der Waals surface area (Å²) >= 11 is 1.48. The number of anilines is 2. The molecule has 0 spiro atoms. The van der Waals surface area contributed by atoms with Gasteiger partial charge in [0.05, 0.1) is 5.56 Å². The molecule has 3 heterocycles. The first-order valence-corrected chi connectivity index (χ1v) is 8.97. The van der Waals surface area contributed by atoms with Gasteiger partial charge in [0, 0.05) is 25.2 Å². The molecule has 1 aliphatic heterocycles. The molecule has 1 saturated heterocycles. The predicted octanol–water partition coefficient (Wildman–Crippen LogP) is 3.05. The van der Waals surface area contributed by atoms with Crippen molar-refractivity contribution >= 4 is 28.2 Å². The van der Waals surface area contributed by atoms with Crippen LogP contribution in [0.5, 0.6) is 0 Å². The molecule has 1 saturated carbocycles. The Morgan fingerprint density at radius 1 is 1.22 bits per heavy atom. The Hall–Kier alpha value is -2.02. The fraction of sp³-hybridized carbons (Fsp3) is 0.500. The number of pyridine rings is 1. The summed E-state index contributed by atoms with van der Waals surface area (Å²) in [6.07, 6.45) is 7.67. The Morgan fingerprint density at radius 2 is 2.04 bits per heavy atom. The number of piperidine rings is 1. The maximum absolute atomic E-state index is 12.6. The van der Waals surface area contributed by atoms with Crippen molar-refractivity contribution in [1.82, 2.24) is 15.2 Å². The second-order valence-corrected chi connectivity index (χ2v) is 7.11. The molecule has 0 radical (unpaired) electrons. The summed E-state index contributed by atoms with van der Waals surface area (Å²) in [6.45, 7) is 1.92. The Kier molecular flexibility index (Phi) is 3.95. The van der Waals surface area contributed by atoms with Crippen LogP contribution in [0.25, 0.3) is 0 Å². The molecule has 1 amide bonds. The number of aromatic nitrogens is 3. The monoisotopic (exact) mass is 329 g/mol. The molecule has 1 N–H and O–H groups in total. The normalized spacial score (nSPS) is 18.0. The minimum atomic E-state index is -0.155. The van der Waals surface area contributed by atoms with Gasteiger partial charge in [-0.1, -0.05) is 11.3 Å². The molecule has 0 unspecified atom stereocenters. The highest BCUT2D eigenvalue weighted by Gasteiger charge is 2.28. The van der Waals surface area contributed by atoms with Crippen LogP contribution < -0.4 is 10.2 Å². The lowest BCUT2D eigenvalue weighted by Gasteiger charge is -2.28. The van der Waals surface area contributed by atoms with Gasteiger partial charge in [-0.15, -0.1) is 10.2 Å². The van der Waals surface area contributed by atoms with E-state index in [9.17, 15) is 4.79 Å². The summed E-state index contributed by atoms with van der Waals surface area (Å²) in [5.74, 6) is 1.18. The van der Waals surface area contributed by atoms with E-state index in [0.29, 0.717) is 16.6 Å². The molecular formula is C16H19N5OS. The summed E-state index contributed by atoms with van der Waals surface area (Å²) in [5.41, 5.74) is 0.609. The summed E-state index contributed by atoms with van der Waals surface area (Å²) in [4.78, 5) is 19.3. The quantitative estimate of drug-likeness (QED) is 0.933. The molecule has 6 nitrogen and oxygen atoms in total. The van der Waals surface area contributed by atoms with E-state index in [2.05, 4.69) is 25.4 Å². The van der Waals surface area contributed by atoms with Gasteiger partial charge < -0.3 is 4.90 Å². The van der Waals surface area contributed by atoms with Crippen molar-refractivity contribution in [3.05, 3.63) is 28.9 Å². The molecule has 120 valence electrons. The highest BCUT2D eigenvalue weighted by atomic mass is 32.1. The number of nitrogens with one attached hydrogen (secondary N) is 1. The van der Waals surface area contributed by atoms with E-state index in [1.54, 1.807) is 12.3 Å². The predicted molar refractivity (Wildman–Crippen MR) is 90.1 cm³/mol. The van der Waals surface area contributed by atoms with E-state index in [-0.39, 0.29) is 5.91 Å². The van der Waals surface area contributed by atoms with E-state index in [0.717, 1.165) is 36.8 Å². The Bertz CT molecular complexity index is 706. The molecule has 1 aliphatic carbocycles. The second-order valence-electron chi connectivity index (χ2n) is 6.10. The van der Waals surface area contributed by atoms with Gasteiger partial charge in [0.15, 0.2) is 0 Å². The zero-order valence-electron chi connectivity index (χ0n) is 12.9. The van der Waals surface area contributed by atoms with Gasteiger partial charge in [0.1, 0.15) is 10.8 Å². The zero-order chi connectivity index (χ0) is 15.6. The van der Waals surface area contributed by atoms with Crippen LogP contribution in [0, 0.1) is 0 Å². The van der Waals surface area contributed by atoms with Crippen LogP contribution in [0.3, 0.4) is 0 Å². The molecule has 2 aromatic rings. The van der Waals surface area contributed by atoms with Gasteiger partial charge in [0.2, 0.25) is 5.13 Å². The Morgan fingerprint density at radius 3 is 2.83 bits per heavy atom. The topological polar surface area (TPSA) is 71.0 Å². The zero-order valence-corrected chi connectivity index (χ0v) is 13.7. The molecule has 0 atom stereocenters.